The minimum absolute atomic E-state index is 0.0875. The van der Waals surface area contributed by atoms with Gasteiger partial charge < -0.3 is 10.6 Å². The van der Waals surface area contributed by atoms with Crippen molar-refractivity contribution >= 4 is 5.69 Å². The van der Waals surface area contributed by atoms with Gasteiger partial charge in [-0.1, -0.05) is 25.1 Å². The second-order valence-corrected chi connectivity index (χ2v) is 5.65. The van der Waals surface area contributed by atoms with Gasteiger partial charge in [0.2, 0.25) is 0 Å². The van der Waals surface area contributed by atoms with Gasteiger partial charge in [-0.2, -0.15) is 0 Å². The van der Waals surface area contributed by atoms with Crippen LogP contribution < -0.4 is 10.6 Å². The summed E-state index contributed by atoms with van der Waals surface area (Å²) < 4.78 is 0. The summed E-state index contributed by atoms with van der Waals surface area (Å²) in [4.78, 5) is 4.96. The highest BCUT2D eigenvalue weighted by atomic mass is 15.2. The van der Waals surface area contributed by atoms with Crippen LogP contribution in [-0.2, 0) is 0 Å². The minimum Gasteiger partial charge on any atom is -0.373 e. The highest BCUT2D eigenvalue weighted by molar-refractivity contribution is 5.54. The molecule has 0 aromatic heterocycles. The first-order valence-corrected chi connectivity index (χ1v) is 7.43. The van der Waals surface area contributed by atoms with Gasteiger partial charge in [-0.05, 0) is 44.5 Å². The van der Waals surface area contributed by atoms with Gasteiger partial charge in [0, 0.05) is 31.4 Å². The van der Waals surface area contributed by atoms with Crippen molar-refractivity contribution in [3.8, 4) is 0 Å². The second-order valence-electron chi connectivity index (χ2n) is 5.65. The molecule has 3 heteroatoms. The van der Waals surface area contributed by atoms with Crippen molar-refractivity contribution in [3.05, 3.63) is 29.8 Å². The molecule has 1 fully saturated rings. The maximum absolute atomic E-state index is 6.08. The molecule has 1 heterocycles. The van der Waals surface area contributed by atoms with Gasteiger partial charge in [0.25, 0.3) is 0 Å². The molecule has 1 aliphatic heterocycles. The van der Waals surface area contributed by atoms with E-state index in [0.717, 1.165) is 13.1 Å². The lowest BCUT2D eigenvalue weighted by atomic mass is 10.1. The van der Waals surface area contributed by atoms with Gasteiger partial charge in [-0.25, -0.2) is 0 Å². The first-order chi connectivity index (χ1) is 9.13. The average molecular weight is 261 g/mol. The fourth-order valence-electron chi connectivity index (χ4n) is 3.15. The highest BCUT2D eigenvalue weighted by Crippen LogP contribution is 2.26. The quantitative estimate of drug-likeness (QED) is 0.884. The molecular formula is C16H27N3. The standard InChI is InChI=1S/C16H27N3/c1-4-19-11-7-8-14(19)12-18(3)16-10-6-5-9-15(16)13(2)17/h5-6,9-10,13-14H,4,7-8,11-12,17H2,1-3H3/t13-,14?/m1/s1. The van der Waals surface area contributed by atoms with Gasteiger partial charge in [-0.15, -0.1) is 0 Å². The molecule has 0 aliphatic carbocycles. The van der Waals surface area contributed by atoms with Crippen LogP contribution in [0.5, 0.6) is 0 Å². The van der Waals surface area contributed by atoms with Crippen LogP contribution in [0.25, 0.3) is 0 Å². The van der Waals surface area contributed by atoms with Crippen LogP contribution in [-0.4, -0.2) is 37.6 Å². The molecule has 1 aromatic carbocycles. The smallest absolute Gasteiger partial charge is 0.0412 e. The van der Waals surface area contributed by atoms with Crippen LogP contribution in [0.1, 0.15) is 38.3 Å². The molecule has 2 atom stereocenters. The van der Waals surface area contributed by atoms with E-state index in [-0.39, 0.29) is 6.04 Å². The summed E-state index contributed by atoms with van der Waals surface area (Å²) in [6.07, 6.45) is 2.65. The van der Waals surface area contributed by atoms with Crippen molar-refractivity contribution < 1.29 is 0 Å². The first kappa shape index (κ1) is 14.4. The van der Waals surface area contributed by atoms with Crippen molar-refractivity contribution in [2.75, 3.05) is 31.6 Å². The van der Waals surface area contributed by atoms with E-state index >= 15 is 0 Å². The van der Waals surface area contributed by atoms with Crippen molar-refractivity contribution in [3.63, 3.8) is 0 Å². The topological polar surface area (TPSA) is 32.5 Å². The number of para-hydroxylation sites is 1. The van der Waals surface area contributed by atoms with E-state index in [0.29, 0.717) is 6.04 Å². The SMILES string of the molecule is CCN1CCCC1CN(C)c1ccccc1[C@@H](C)N. The predicted octanol–water partition coefficient (Wildman–Crippen LogP) is 2.63. The molecule has 0 radical (unpaired) electrons. The molecule has 0 spiro atoms. The van der Waals surface area contributed by atoms with Crippen LogP contribution >= 0.6 is 0 Å². The van der Waals surface area contributed by atoms with Crippen molar-refractivity contribution in [2.24, 2.45) is 5.73 Å². The Kier molecular flexibility index (Phi) is 4.83. The number of nitrogens with zero attached hydrogens (tertiary/aromatic N) is 2. The molecule has 3 nitrogen and oxygen atoms in total. The lowest BCUT2D eigenvalue weighted by molar-refractivity contribution is 0.270. The lowest BCUT2D eigenvalue weighted by Crippen LogP contribution is -2.39. The van der Waals surface area contributed by atoms with E-state index in [1.807, 2.05) is 0 Å². The molecule has 0 amide bonds. The zero-order valence-electron chi connectivity index (χ0n) is 12.5. The summed E-state index contributed by atoms with van der Waals surface area (Å²) in [5.74, 6) is 0. The maximum Gasteiger partial charge on any atom is 0.0412 e. The summed E-state index contributed by atoms with van der Waals surface area (Å²) in [5, 5.41) is 0. The highest BCUT2D eigenvalue weighted by Gasteiger charge is 2.24. The van der Waals surface area contributed by atoms with Crippen molar-refractivity contribution in [1.29, 1.82) is 0 Å². The number of rotatable bonds is 5. The number of benzene rings is 1. The third-order valence-electron chi connectivity index (χ3n) is 4.23. The molecule has 1 unspecified atom stereocenters. The number of hydrogen-bond acceptors (Lipinski definition) is 3. The van der Waals surface area contributed by atoms with Gasteiger partial charge in [-0.3, -0.25) is 4.90 Å². The largest absolute Gasteiger partial charge is 0.373 e. The molecule has 1 aromatic rings. The summed E-state index contributed by atoms with van der Waals surface area (Å²) in [7, 11) is 2.19. The molecule has 2 rings (SSSR count). The van der Waals surface area contributed by atoms with Crippen LogP contribution in [0.3, 0.4) is 0 Å². The lowest BCUT2D eigenvalue weighted by Gasteiger charge is -2.30. The molecule has 106 valence electrons. The third-order valence-corrected chi connectivity index (χ3v) is 4.23. The van der Waals surface area contributed by atoms with Crippen LogP contribution in [0, 0.1) is 0 Å². The van der Waals surface area contributed by atoms with E-state index in [2.05, 4.69) is 55.0 Å². The Morgan fingerprint density at radius 3 is 2.84 bits per heavy atom. The van der Waals surface area contributed by atoms with Gasteiger partial charge in [0.15, 0.2) is 0 Å². The number of anilines is 1. The molecule has 19 heavy (non-hydrogen) atoms. The van der Waals surface area contributed by atoms with Crippen LogP contribution in [0.4, 0.5) is 5.69 Å². The van der Waals surface area contributed by atoms with E-state index in [9.17, 15) is 0 Å². The molecule has 1 aliphatic rings. The van der Waals surface area contributed by atoms with Gasteiger partial charge in [0.1, 0.15) is 0 Å². The number of likely N-dealkylation sites (N-methyl/N-ethyl adjacent to an activating group) is 2. The van der Waals surface area contributed by atoms with Crippen molar-refractivity contribution in [2.45, 2.75) is 38.8 Å². The van der Waals surface area contributed by atoms with Gasteiger partial charge >= 0.3 is 0 Å². The Morgan fingerprint density at radius 2 is 2.16 bits per heavy atom. The zero-order chi connectivity index (χ0) is 13.8. The number of hydrogen-bond donors (Lipinski definition) is 1. The molecular weight excluding hydrogens is 234 g/mol. The Morgan fingerprint density at radius 1 is 1.42 bits per heavy atom. The average Bonchev–Trinajstić information content (AvgIpc) is 2.85. The summed E-state index contributed by atoms with van der Waals surface area (Å²) >= 11 is 0. The Labute approximate surface area is 117 Å². The Balaban J connectivity index is 2.09. The van der Waals surface area contributed by atoms with E-state index in [1.165, 1.54) is 30.6 Å². The summed E-state index contributed by atoms with van der Waals surface area (Å²) in [6.45, 7) is 7.82. The molecule has 2 N–H and O–H groups in total. The third kappa shape index (κ3) is 3.28. The maximum atomic E-state index is 6.08. The zero-order valence-corrected chi connectivity index (χ0v) is 12.5. The monoisotopic (exact) mass is 261 g/mol. The van der Waals surface area contributed by atoms with Crippen molar-refractivity contribution in [1.82, 2.24) is 4.90 Å². The van der Waals surface area contributed by atoms with E-state index in [1.54, 1.807) is 0 Å². The molecule has 1 saturated heterocycles. The summed E-state index contributed by atoms with van der Waals surface area (Å²) in [5.41, 5.74) is 8.60. The Bertz CT molecular complexity index is 403. The number of likely N-dealkylation sites (tertiary alicyclic amines) is 1. The fourth-order valence-corrected chi connectivity index (χ4v) is 3.15. The Hall–Kier alpha value is -1.06. The minimum atomic E-state index is 0.0875. The first-order valence-electron chi connectivity index (χ1n) is 7.43. The molecule has 0 saturated carbocycles. The fraction of sp³-hybridized carbons (Fsp3) is 0.625. The van der Waals surface area contributed by atoms with Gasteiger partial charge in [0.05, 0.1) is 0 Å². The summed E-state index contributed by atoms with van der Waals surface area (Å²) in [6, 6.07) is 9.28. The van der Waals surface area contributed by atoms with Crippen LogP contribution in [0.15, 0.2) is 24.3 Å². The number of nitrogens with two attached hydrogens (primary N) is 1. The van der Waals surface area contributed by atoms with E-state index < -0.39 is 0 Å². The van der Waals surface area contributed by atoms with E-state index in [4.69, 9.17) is 5.73 Å². The second kappa shape index (κ2) is 6.40. The normalized spacial score (nSPS) is 21.6. The van der Waals surface area contributed by atoms with Crippen LogP contribution in [0.2, 0.25) is 0 Å². The predicted molar refractivity (Wildman–Crippen MR) is 82.6 cm³/mol. The molecule has 0 bridgehead atoms.